The van der Waals surface area contributed by atoms with Crippen molar-refractivity contribution in [3.8, 4) is 0 Å². The van der Waals surface area contributed by atoms with E-state index in [0.717, 1.165) is 12.8 Å². The maximum Gasteiger partial charge on any atom is 0.314 e. The quantitative estimate of drug-likeness (QED) is 0.507. The number of carboxylic acid groups (broad SMARTS) is 1. The second-order valence-electron chi connectivity index (χ2n) is 5.19. The highest BCUT2D eigenvalue weighted by Gasteiger charge is 2.09. The van der Waals surface area contributed by atoms with Crippen LogP contribution in [0.15, 0.2) is 0 Å². The number of carbonyl (C=O) groups excluding carboxylic acids is 1. The van der Waals surface area contributed by atoms with E-state index < -0.39 is 5.97 Å². The standard InChI is InChI=1S/C14H28N2O4/c1-11(2)20-10-5-4-8-15-14(19)16-9-6-7-12(3)13(17)18/h11-12H,4-10H2,1-3H3,(H,17,18)(H2,15,16,19). The molecule has 0 heterocycles. The Hall–Kier alpha value is -1.30. The van der Waals surface area contributed by atoms with E-state index in [1.54, 1.807) is 6.92 Å². The van der Waals surface area contributed by atoms with Gasteiger partial charge in [0.2, 0.25) is 0 Å². The first-order valence-electron chi connectivity index (χ1n) is 7.29. The summed E-state index contributed by atoms with van der Waals surface area (Å²) in [4.78, 5) is 22.0. The summed E-state index contributed by atoms with van der Waals surface area (Å²) in [5.74, 6) is -1.15. The highest BCUT2D eigenvalue weighted by Crippen LogP contribution is 2.03. The van der Waals surface area contributed by atoms with Gasteiger partial charge in [0.25, 0.3) is 0 Å². The molecule has 2 amide bonds. The van der Waals surface area contributed by atoms with E-state index in [1.807, 2.05) is 13.8 Å². The predicted octanol–water partition coefficient (Wildman–Crippen LogP) is 1.99. The molecule has 0 saturated carbocycles. The van der Waals surface area contributed by atoms with Crippen molar-refractivity contribution in [1.29, 1.82) is 0 Å². The Labute approximate surface area is 121 Å². The zero-order chi connectivity index (χ0) is 15.4. The third kappa shape index (κ3) is 11.8. The molecule has 0 aliphatic rings. The first-order chi connectivity index (χ1) is 9.43. The molecular formula is C14H28N2O4. The number of hydrogen-bond acceptors (Lipinski definition) is 3. The van der Waals surface area contributed by atoms with Gasteiger partial charge in [-0.05, 0) is 39.5 Å². The second-order valence-corrected chi connectivity index (χ2v) is 5.19. The van der Waals surface area contributed by atoms with E-state index in [-0.39, 0.29) is 18.1 Å². The third-order valence-electron chi connectivity index (χ3n) is 2.83. The van der Waals surface area contributed by atoms with Gasteiger partial charge >= 0.3 is 12.0 Å². The monoisotopic (exact) mass is 288 g/mol. The topological polar surface area (TPSA) is 87.7 Å². The molecule has 6 heteroatoms. The molecular weight excluding hydrogens is 260 g/mol. The van der Waals surface area contributed by atoms with Gasteiger partial charge in [-0.2, -0.15) is 0 Å². The highest BCUT2D eigenvalue weighted by molar-refractivity contribution is 5.73. The number of aliphatic carboxylic acids is 1. The average Bonchev–Trinajstić information content (AvgIpc) is 2.37. The molecule has 20 heavy (non-hydrogen) atoms. The second kappa shape index (κ2) is 11.5. The molecule has 0 aromatic heterocycles. The number of urea groups is 1. The summed E-state index contributed by atoms with van der Waals surface area (Å²) in [6.07, 6.45) is 3.30. The fourth-order valence-corrected chi connectivity index (χ4v) is 1.54. The van der Waals surface area contributed by atoms with Crippen molar-refractivity contribution in [3.05, 3.63) is 0 Å². The molecule has 6 nitrogen and oxygen atoms in total. The number of rotatable bonds is 11. The molecule has 0 radical (unpaired) electrons. The fraction of sp³-hybridized carbons (Fsp3) is 0.857. The Kier molecular flexibility index (Phi) is 10.8. The molecule has 0 aliphatic heterocycles. The summed E-state index contributed by atoms with van der Waals surface area (Å²) >= 11 is 0. The summed E-state index contributed by atoms with van der Waals surface area (Å²) < 4.78 is 5.39. The maximum absolute atomic E-state index is 11.4. The molecule has 0 spiro atoms. The van der Waals surface area contributed by atoms with Crippen LogP contribution in [0.4, 0.5) is 4.79 Å². The molecule has 118 valence electrons. The van der Waals surface area contributed by atoms with Gasteiger partial charge in [-0.15, -0.1) is 0 Å². The van der Waals surface area contributed by atoms with Crippen molar-refractivity contribution in [2.24, 2.45) is 5.92 Å². The lowest BCUT2D eigenvalue weighted by Gasteiger charge is -2.09. The van der Waals surface area contributed by atoms with Crippen LogP contribution in [0.5, 0.6) is 0 Å². The molecule has 0 fully saturated rings. The maximum atomic E-state index is 11.4. The number of ether oxygens (including phenoxy) is 1. The summed E-state index contributed by atoms with van der Waals surface area (Å²) in [6, 6.07) is -0.197. The number of hydrogen-bond donors (Lipinski definition) is 3. The lowest BCUT2D eigenvalue weighted by molar-refractivity contribution is -0.141. The van der Waals surface area contributed by atoms with E-state index in [4.69, 9.17) is 9.84 Å². The Morgan fingerprint density at radius 3 is 2.20 bits per heavy atom. The molecule has 0 saturated heterocycles. The summed E-state index contributed by atoms with van der Waals surface area (Å²) in [7, 11) is 0. The number of carbonyl (C=O) groups is 2. The highest BCUT2D eigenvalue weighted by atomic mass is 16.5. The summed E-state index contributed by atoms with van der Waals surface area (Å²) in [5, 5.41) is 14.2. The molecule has 0 aliphatic carbocycles. The average molecular weight is 288 g/mol. The van der Waals surface area contributed by atoms with Gasteiger partial charge in [0, 0.05) is 19.7 Å². The van der Waals surface area contributed by atoms with Gasteiger partial charge < -0.3 is 20.5 Å². The SMILES string of the molecule is CC(C)OCCCCNC(=O)NCCCC(C)C(=O)O. The van der Waals surface area contributed by atoms with Crippen molar-refractivity contribution in [1.82, 2.24) is 10.6 Å². The van der Waals surface area contributed by atoms with Crippen LogP contribution in [0, 0.1) is 5.92 Å². The Morgan fingerprint density at radius 2 is 1.65 bits per heavy atom. The van der Waals surface area contributed by atoms with E-state index >= 15 is 0 Å². The minimum atomic E-state index is -0.793. The van der Waals surface area contributed by atoms with E-state index in [9.17, 15) is 9.59 Å². The van der Waals surface area contributed by atoms with E-state index in [1.165, 1.54) is 0 Å². The lowest BCUT2D eigenvalue weighted by atomic mass is 10.1. The van der Waals surface area contributed by atoms with Crippen LogP contribution in [0.2, 0.25) is 0 Å². The van der Waals surface area contributed by atoms with Crippen molar-refractivity contribution in [3.63, 3.8) is 0 Å². The normalized spacial score (nSPS) is 12.2. The van der Waals surface area contributed by atoms with E-state index in [2.05, 4.69) is 10.6 Å². The molecule has 1 unspecified atom stereocenters. The van der Waals surface area contributed by atoms with Crippen LogP contribution in [0.3, 0.4) is 0 Å². The fourth-order valence-electron chi connectivity index (χ4n) is 1.54. The molecule has 1 atom stereocenters. The minimum absolute atomic E-state index is 0.197. The van der Waals surface area contributed by atoms with Crippen LogP contribution < -0.4 is 10.6 Å². The Bertz CT molecular complexity index is 282. The largest absolute Gasteiger partial charge is 0.481 e. The zero-order valence-corrected chi connectivity index (χ0v) is 12.8. The van der Waals surface area contributed by atoms with Crippen LogP contribution in [0.25, 0.3) is 0 Å². The van der Waals surface area contributed by atoms with Gasteiger partial charge in [0.05, 0.1) is 12.0 Å². The smallest absolute Gasteiger partial charge is 0.314 e. The minimum Gasteiger partial charge on any atom is -0.481 e. The van der Waals surface area contributed by atoms with E-state index in [0.29, 0.717) is 32.5 Å². The first kappa shape index (κ1) is 18.7. The van der Waals surface area contributed by atoms with Crippen LogP contribution in [-0.2, 0) is 9.53 Å². The number of unbranched alkanes of at least 4 members (excludes halogenated alkanes) is 1. The lowest BCUT2D eigenvalue weighted by Crippen LogP contribution is -2.36. The number of amides is 2. The van der Waals surface area contributed by atoms with Crippen molar-refractivity contribution < 1.29 is 19.4 Å². The molecule has 0 rings (SSSR count). The molecule has 0 aromatic rings. The summed E-state index contributed by atoms with van der Waals surface area (Å²) in [6.45, 7) is 7.50. The van der Waals surface area contributed by atoms with Gasteiger partial charge in [-0.3, -0.25) is 4.79 Å². The van der Waals surface area contributed by atoms with Gasteiger partial charge in [0.15, 0.2) is 0 Å². The van der Waals surface area contributed by atoms with Gasteiger partial charge in [-0.1, -0.05) is 6.92 Å². The van der Waals surface area contributed by atoms with Gasteiger partial charge in [0.1, 0.15) is 0 Å². The van der Waals surface area contributed by atoms with Crippen LogP contribution in [-0.4, -0.2) is 42.9 Å². The van der Waals surface area contributed by atoms with Crippen LogP contribution >= 0.6 is 0 Å². The Morgan fingerprint density at radius 1 is 1.05 bits per heavy atom. The molecule has 0 aromatic carbocycles. The van der Waals surface area contributed by atoms with Gasteiger partial charge in [-0.25, -0.2) is 4.79 Å². The predicted molar refractivity (Wildman–Crippen MR) is 77.8 cm³/mol. The summed E-state index contributed by atoms with van der Waals surface area (Å²) in [5.41, 5.74) is 0. The van der Waals surface area contributed by atoms with Crippen molar-refractivity contribution >= 4 is 12.0 Å². The number of nitrogens with one attached hydrogen (secondary N) is 2. The Balaban J connectivity index is 3.35. The zero-order valence-electron chi connectivity index (χ0n) is 12.8. The molecule has 3 N–H and O–H groups in total. The number of carboxylic acids is 1. The first-order valence-corrected chi connectivity index (χ1v) is 7.29. The third-order valence-corrected chi connectivity index (χ3v) is 2.83. The molecule has 0 bridgehead atoms. The van der Waals surface area contributed by atoms with Crippen molar-refractivity contribution in [2.75, 3.05) is 19.7 Å². The van der Waals surface area contributed by atoms with Crippen LogP contribution in [0.1, 0.15) is 46.5 Å². The van der Waals surface area contributed by atoms with Crippen molar-refractivity contribution in [2.45, 2.75) is 52.6 Å².